The summed E-state index contributed by atoms with van der Waals surface area (Å²) >= 11 is 0. The Labute approximate surface area is 125 Å². The lowest BCUT2D eigenvalue weighted by Crippen LogP contribution is -2.34. The van der Waals surface area contributed by atoms with E-state index < -0.39 is 5.82 Å². The van der Waals surface area contributed by atoms with Gasteiger partial charge in [-0.15, -0.1) is 0 Å². The first kappa shape index (κ1) is 15.5. The largest absolute Gasteiger partial charge is 0.349 e. The first-order chi connectivity index (χ1) is 10.2. The predicted molar refractivity (Wildman–Crippen MR) is 81.3 cm³/mol. The van der Waals surface area contributed by atoms with Crippen molar-refractivity contribution in [3.05, 3.63) is 35.1 Å². The van der Waals surface area contributed by atoms with Crippen LogP contribution in [-0.4, -0.2) is 18.5 Å². The van der Waals surface area contributed by atoms with Gasteiger partial charge in [-0.3, -0.25) is 4.79 Å². The quantitative estimate of drug-likeness (QED) is 0.649. The lowest BCUT2D eigenvalue weighted by Gasteiger charge is -2.16. The third kappa shape index (κ3) is 4.57. The number of halogens is 1. The third-order valence-corrected chi connectivity index (χ3v) is 3.74. The van der Waals surface area contributed by atoms with Crippen LogP contribution in [0.25, 0.3) is 0 Å². The molecule has 0 spiro atoms. The van der Waals surface area contributed by atoms with Crippen molar-refractivity contribution in [3.8, 4) is 11.8 Å². The Morgan fingerprint density at radius 2 is 2.00 bits per heavy atom. The number of hydrogen-bond acceptors (Lipinski definition) is 2. The number of carbonyl (C=O) groups is 1. The second-order valence-corrected chi connectivity index (χ2v) is 5.36. The fourth-order valence-electron chi connectivity index (χ4n) is 2.62. The molecule has 2 rings (SSSR count). The minimum Gasteiger partial charge on any atom is -0.349 e. The molecular formula is C17H21FN2O. The number of amides is 1. The summed E-state index contributed by atoms with van der Waals surface area (Å²) < 4.78 is 14.0. The summed E-state index contributed by atoms with van der Waals surface area (Å²) in [6.45, 7) is 0.228. The fourth-order valence-corrected chi connectivity index (χ4v) is 2.62. The Balaban J connectivity index is 2.04. The van der Waals surface area contributed by atoms with Crippen LogP contribution in [0.2, 0.25) is 0 Å². The van der Waals surface area contributed by atoms with Crippen molar-refractivity contribution in [2.24, 2.45) is 5.73 Å². The second-order valence-electron chi connectivity index (χ2n) is 5.36. The fraction of sp³-hybridized carbons (Fsp3) is 0.471. The van der Waals surface area contributed by atoms with Crippen molar-refractivity contribution in [1.29, 1.82) is 0 Å². The van der Waals surface area contributed by atoms with Crippen molar-refractivity contribution in [3.63, 3.8) is 0 Å². The van der Waals surface area contributed by atoms with Gasteiger partial charge in [0.2, 0.25) is 0 Å². The zero-order valence-corrected chi connectivity index (χ0v) is 12.1. The molecule has 3 N–H and O–H groups in total. The van der Waals surface area contributed by atoms with E-state index in [0.717, 1.165) is 25.7 Å². The van der Waals surface area contributed by atoms with E-state index in [1.807, 2.05) is 0 Å². The Bertz CT molecular complexity index is 552. The van der Waals surface area contributed by atoms with Crippen LogP contribution in [0, 0.1) is 17.7 Å². The van der Waals surface area contributed by atoms with E-state index in [2.05, 4.69) is 17.2 Å². The molecule has 0 heterocycles. The minimum atomic E-state index is -0.537. The zero-order valence-electron chi connectivity index (χ0n) is 12.1. The van der Waals surface area contributed by atoms with Gasteiger partial charge >= 0.3 is 0 Å². The van der Waals surface area contributed by atoms with Crippen LogP contribution in [0.4, 0.5) is 4.39 Å². The number of rotatable bonds is 2. The van der Waals surface area contributed by atoms with E-state index >= 15 is 0 Å². The maximum atomic E-state index is 14.0. The van der Waals surface area contributed by atoms with Gasteiger partial charge in [-0.1, -0.05) is 37.5 Å². The molecule has 3 nitrogen and oxygen atoms in total. The van der Waals surface area contributed by atoms with Crippen LogP contribution in [0.3, 0.4) is 0 Å². The van der Waals surface area contributed by atoms with E-state index in [1.165, 1.54) is 25.0 Å². The van der Waals surface area contributed by atoms with Gasteiger partial charge < -0.3 is 11.1 Å². The van der Waals surface area contributed by atoms with Crippen molar-refractivity contribution in [1.82, 2.24) is 5.32 Å². The van der Waals surface area contributed by atoms with Gasteiger partial charge in [0.25, 0.3) is 5.91 Å². The maximum Gasteiger partial charge on any atom is 0.254 e. The molecule has 0 atom stereocenters. The summed E-state index contributed by atoms with van der Waals surface area (Å²) in [5.74, 6) is 4.55. The van der Waals surface area contributed by atoms with Crippen LogP contribution in [0.5, 0.6) is 0 Å². The van der Waals surface area contributed by atoms with Gasteiger partial charge in [-0.05, 0) is 31.0 Å². The van der Waals surface area contributed by atoms with Crippen molar-refractivity contribution in [2.75, 3.05) is 6.54 Å². The second kappa shape index (κ2) is 7.80. The Morgan fingerprint density at radius 1 is 1.29 bits per heavy atom. The lowest BCUT2D eigenvalue weighted by molar-refractivity contribution is 0.0929. The van der Waals surface area contributed by atoms with Crippen LogP contribution >= 0.6 is 0 Å². The van der Waals surface area contributed by atoms with Gasteiger partial charge in [0.05, 0.1) is 12.1 Å². The molecule has 0 radical (unpaired) electrons. The van der Waals surface area contributed by atoms with E-state index in [4.69, 9.17) is 5.73 Å². The molecule has 0 unspecified atom stereocenters. The van der Waals surface area contributed by atoms with Crippen molar-refractivity contribution < 1.29 is 9.18 Å². The molecule has 1 aliphatic carbocycles. The van der Waals surface area contributed by atoms with Gasteiger partial charge in [0, 0.05) is 11.6 Å². The summed E-state index contributed by atoms with van der Waals surface area (Å²) in [5.41, 5.74) is 5.89. The van der Waals surface area contributed by atoms with E-state index in [-0.39, 0.29) is 24.1 Å². The first-order valence-corrected chi connectivity index (χ1v) is 7.50. The van der Waals surface area contributed by atoms with E-state index in [1.54, 1.807) is 6.07 Å². The highest BCUT2D eigenvalue weighted by Gasteiger charge is 2.18. The molecule has 0 bridgehead atoms. The number of carbonyl (C=O) groups excluding carboxylic acids is 1. The highest BCUT2D eigenvalue weighted by atomic mass is 19.1. The van der Waals surface area contributed by atoms with Gasteiger partial charge in [0.1, 0.15) is 5.82 Å². The number of benzene rings is 1. The van der Waals surface area contributed by atoms with Crippen molar-refractivity contribution >= 4 is 5.91 Å². The Hall–Kier alpha value is -1.86. The standard InChI is InChI=1S/C17H21FN2O/c18-16-12-13(6-5-11-19)9-10-15(16)17(21)20-14-7-3-1-2-4-8-14/h9-10,12,14H,1-4,7-8,11,19H2,(H,20,21). The monoisotopic (exact) mass is 288 g/mol. The lowest BCUT2D eigenvalue weighted by atomic mass is 10.1. The Morgan fingerprint density at radius 3 is 2.62 bits per heavy atom. The molecule has 0 aliphatic heterocycles. The summed E-state index contributed by atoms with van der Waals surface area (Å²) in [6, 6.07) is 4.58. The SMILES string of the molecule is NCC#Cc1ccc(C(=O)NC2CCCCCC2)c(F)c1. The van der Waals surface area contributed by atoms with Crippen LogP contribution in [0.1, 0.15) is 54.4 Å². The normalized spacial score (nSPS) is 15.7. The average molecular weight is 288 g/mol. The molecule has 112 valence electrons. The third-order valence-electron chi connectivity index (χ3n) is 3.74. The molecule has 1 fully saturated rings. The van der Waals surface area contributed by atoms with Gasteiger partial charge in [-0.25, -0.2) is 4.39 Å². The molecule has 21 heavy (non-hydrogen) atoms. The topological polar surface area (TPSA) is 55.1 Å². The Kier molecular flexibility index (Phi) is 5.77. The van der Waals surface area contributed by atoms with Crippen molar-refractivity contribution in [2.45, 2.75) is 44.6 Å². The summed E-state index contributed by atoms with van der Waals surface area (Å²) in [7, 11) is 0. The molecular weight excluding hydrogens is 267 g/mol. The molecule has 1 saturated carbocycles. The maximum absolute atomic E-state index is 14.0. The number of hydrogen-bond donors (Lipinski definition) is 2. The van der Waals surface area contributed by atoms with Gasteiger partial charge in [0.15, 0.2) is 0 Å². The highest BCUT2D eigenvalue weighted by molar-refractivity contribution is 5.94. The van der Waals surface area contributed by atoms with Gasteiger partial charge in [-0.2, -0.15) is 0 Å². The van der Waals surface area contributed by atoms with E-state index in [9.17, 15) is 9.18 Å². The summed E-state index contributed by atoms with van der Waals surface area (Å²) in [5, 5.41) is 2.94. The highest BCUT2D eigenvalue weighted by Crippen LogP contribution is 2.18. The molecule has 1 aliphatic rings. The van der Waals surface area contributed by atoms with E-state index in [0.29, 0.717) is 5.56 Å². The smallest absolute Gasteiger partial charge is 0.254 e. The number of nitrogens with two attached hydrogens (primary N) is 1. The number of nitrogens with one attached hydrogen (secondary N) is 1. The molecule has 0 saturated heterocycles. The van der Waals surface area contributed by atoms with Crippen LogP contribution in [-0.2, 0) is 0 Å². The molecule has 1 amide bonds. The average Bonchev–Trinajstić information content (AvgIpc) is 2.73. The molecule has 4 heteroatoms. The molecule has 0 aromatic heterocycles. The summed E-state index contributed by atoms with van der Waals surface area (Å²) in [4.78, 5) is 12.2. The summed E-state index contributed by atoms with van der Waals surface area (Å²) in [6.07, 6.45) is 6.65. The first-order valence-electron chi connectivity index (χ1n) is 7.50. The zero-order chi connectivity index (χ0) is 15.1. The molecule has 1 aromatic rings. The van der Waals surface area contributed by atoms with Crippen LogP contribution < -0.4 is 11.1 Å². The minimum absolute atomic E-state index is 0.0811. The predicted octanol–water partition coefficient (Wildman–Crippen LogP) is 2.59. The molecule has 1 aromatic carbocycles. The van der Waals surface area contributed by atoms with Crippen LogP contribution in [0.15, 0.2) is 18.2 Å².